The number of nitrogens with one attached hydrogen (secondary N) is 3. The molecule has 0 aliphatic rings. The molecule has 3 rings (SSSR count). The summed E-state index contributed by atoms with van der Waals surface area (Å²) in [4.78, 5) is 19.9. The molecule has 0 aromatic carbocycles. The molecule has 3 aromatic heterocycles. The maximum atomic E-state index is 12.0. The first kappa shape index (κ1) is 11.1. The van der Waals surface area contributed by atoms with E-state index in [9.17, 15) is 4.79 Å². The maximum Gasteiger partial charge on any atom is 0.259 e. The number of aromatic nitrogens is 4. The minimum atomic E-state index is -0.196. The summed E-state index contributed by atoms with van der Waals surface area (Å²) >= 11 is 6.43. The molecule has 90 valence electrons. The van der Waals surface area contributed by atoms with Gasteiger partial charge in [-0.2, -0.15) is 4.98 Å². The summed E-state index contributed by atoms with van der Waals surface area (Å²) in [5.41, 5.74) is 1.06. The molecule has 7 heteroatoms. The molecule has 0 atom stereocenters. The number of nitrogens with zero attached hydrogens (tertiary/aromatic N) is 1. The molecular weight excluding hydrogens is 268 g/mol. The van der Waals surface area contributed by atoms with Gasteiger partial charge < -0.3 is 4.98 Å². The Morgan fingerprint density at radius 1 is 1.22 bits per heavy atom. The van der Waals surface area contributed by atoms with Crippen LogP contribution in [0.4, 0.5) is 0 Å². The standard InChI is InChI=1S/C11H8N4OS2/c16-10-6(9-13-11(17)15-14-9)3-4-7(12-10)8-2-1-5-18-8/h1-5H,(H,12,16)(H2,13,14,15,17). The molecule has 0 saturated heterocycles. The molecule has 0 aliphatic heterocycles. The molecule has 0 amide bonds. The van der Waals surface area contributed by atoms with Gasteiger partial charge in [-0.1, -0.05) is 6.07 Å². The zero-order valence-corrected chi connectivity index (χ0v) is 10.7. The predicted octanol–water partition coefficient (Wildman–Crippen LogP) is 2.55. The molecule has 0 saturated carbocycles. The van der Waals surface area contributed by atoms with Crippen LogP contribution in [0.3, 0.4) is 0 Å². The van der Waals surface area contributed by atoms with Crippen LogP contribution in [0.2, 0.25) is 0 Å². The summed E-state index contributed by atoms with van der Waals surface area (Å²) in [5.74, 6) is 0.443. The molecule has 3 aromatic rings. The summed E-state index contributed by atoms with van der Waals surface area (Å²) in [6.07, 6.45) is 0. The van der Waals surface area contributed by atoms with Crippen LogP contribution in [0.25, 0.3) is 22.0 Å². The van der Waals surface area contributed by atoms with Gasteiger partial charge in [0.05, 0.1) is 16.1 Å². The Kier molecular flexibility index (Phi) is 2.69. The van der Waals surface area contributed by atoms with Crippen molar-refractivity contribution in [1.82, 2.24) is 20.2 Å². The lowest BCUT2D eigenvalue weighted by Crippen LogP contribution is -2.09. The molecule has 0 aliphatic carbocycles. The van der Waals surface area contributed by atoms with Gasteiger partial charge in [-0.15, -0.1) is 11.3 Å². The molecule has 0 bridgehead atoms. The van der Waals surface area contributed by atoms with Crippen LogP contribution in [-0.2, 0) is 0 Å². The van der Waals surface area contributed by atoms with Gasteiger partial charge in [-0.05, 0) is 35.8 Å². The predicted molar refractivity (Wildman–Crippen MR) is 73.1 cm³/mol. The Morgan fingerprint density at radius 3 is 2.72 bits per heavy atom. The Balaban J connectivity index is 2.10. The minimum Gasteiger partial charge on any atom is -0.321 e. The number of hydrogen-bond donors (Lipinski definition) is 3. The van der Waals surface area contributed by atoms with Gasteiger partial charge in [0, 0.05) is 0 Å². The topological polar surface area (TPSA) is 77.3 Å². The average Bonchev–Trinajstić information content (AvgIpc) is 2.99. The smallest absolute Gasteiger partial charge is 0.259 e. The molecular formula is C11H8N4OS2. The normalized spacial score (nSPS) is 10.7. The van der Waals surface area contributed by atoms with Crippen molar-refractivity contribution in [3.05, 3.63) is 44.8 Å². The van der Waals surface area contributed by atoms with Crippen molar-refractivity contribution < 1.29 is 0 Å². The minimum absolute atomic E-state index is 0.196. The van der Waals surface area contributed by atoms with E-state index in [0.29, 0.717) is 16.2 Å². The largest absolute Gasteiger partial charge is 0.321 e. The van der Waals surface area contributed by atoms with E-state index < -0.39 is 0 Å². The number of aromatic amines is 3. The van der Waals surface area contributed by atoms with Crippen LogP contribution in [0.5, 0.6) is 0 Å². The van der Waals surface area contributed by atoms with Crippen molar-refractivity contribution in [1.29, 1.82) is 0 Å². The van der Waals surface area contributed by atoms with Crippen LogP contribution in [-0.4, -0.2) is 20.2 Å². The highest BCUT2D eigenvalue weighted by molar-refractivity contribution is 7.71. The number of H-pyrrole nitrogens is 3. The summed E-state index contributed by atoms with van der Waals surface area (Å²) in [5, 5.41) is 7.39. The van der Waals surface area contributed by atoms with E-state index in [1.807, 2.05) is 23.6 Å². The SMILES string of the molecule is O=c1[nH]c(-c2cccs2)ccc1-c1nc(=S)[nH][nH]1. The third-order valence-electron chi connectivity index (χ3n) is 2.45. The van der Waals surface area contributed by atoms with E-state index in [1.165, 1.54) is 0 Å². The Bertz CT molecular complexity index is 782. The van der Waals surface area contributed by atoms with Gasteiger partial charge in [0.15, 0.2) is 5.82 Å². The molecule has 18 heavy (non-hydrogen) atoms. The first-order valence-electron chi connectivity index (χ1n) is 5.16. The van der Waals surface area contributed by atoms with Crippen molar-refractivity contribution >= 4 is 23.6 Å². The van der Waals surface area contributed by atoms with Gasteiger partial charge in [0.2, 0.25) is 4.77 Å². The van der Waals surface area contributed by atoms with Crippen LogP contribution < -0.4 is 5.56 Å². The summed E-state index contributed by atoms with van der Waals surface area (Å²) in [7, 11) is 0. The molecule has 3 N–H and O–H groups in total. The average molecular weight is 276 g/mol. The Hall–Kier alpha value is -1.99. The summed E-state index contributed by atoms with van der Waals surface area (Å²) < 4.78 is 0.326. The van der Waals surface area contributed by atoms with E-state index in [-0.39, 0.29) is 5.56 Å². The van der Waals surface area contributed by atoms with Crippen LogP contribution in [0.1, 0.15) is 0 Å². The van der Waals surface area contributed by atoms with Crippen LogP contribution >= 0.6 is 23.6 Å². The number of rotatable bonds is 2. The highest BCUT2D eigenvalue weighted by Crippen LogP contribution is 2.22. The zero-order valence-electron chi connectivity index (χ0n) is 9.06. The van der Waals surface area contributed by atoms with Gasteiger partial charge >= 0.3 is 0 Å². The Morgan fingerprint density at radius 2 is 2.11 bits per heavy atom. The van der Waals surface area contributed by atoms with Crippen molar-refractivity contribution in [2.24, 2.45) is 0 Å². The van der Waals surface area contributed by atoms with Gasteiger partial charge in [-0.25, -0.2) is 0 Å². The van der Waals surface area contributed by atoms with Crippen LogP contribution in [0, 0.1) is 4.77 Å². The molecule has 5 nitrogen and oxygen atoms in total. The number of thiophene rings is 1. The lowest BCUT2D eigenvalue weighted by atomic mass is 10.2. The van der Waals surface area contributed by atoms with Gasteiger partial charge in [0.1, 0.15) is 0 Å². The highest BCUT2D eigenvalue weighted by Gasteiger charge is 2.08. The molecule has 0 radical (unpaired) electrons. The van der Waals surface area contributed by atoms with Crippen LogP contribution in [0.15, 0.2) is 34.4 Å². The van der Waals surface area contributed by atoms with E-state index in [2.05, 4.69) is 20.2 Å². The zero-order chi connectivity index (χ0) is 12.5. The summed E-state index contributed by atoms with van der Waals surface area (Å²) in [6.45, 7) is 0. The third-order valence-corrected chi connectivity index (χ3v) is 3.55. The first-order chi connectivity index (χ1) is 8.74. The van der Waals surface area contributed by atoms with Gasteiger partial charge in [-0.3, -0.25) is 15.0 Å². The fourth-order valence-electron chi connectivity index (χ4n) is 1.63. The molecule has 0 fully saturated rings. The second-order valence-electron chi connectivity index (χ2n) is 3.61. The summed E-state index contributed by atoms with van der Waals surface area (Å²) in [6, 6.07) is 7.48. The van der Waals surface area contributed by atoms with E-state index in [1.54, 1.807) is 17.4 Å². The maximum absolute atomic E-state index is 12.0. The quantitative estimate of drug-likeness (QED) is 0.629. The second-order valence-corrected chi connectivity index (χ2v) is 4.94. The van der Waals surface area contributed by atoms with Crippen molar-refractivity contribution in [2.45, 2.75) is 0 Å². The fourth-order valence-corrected chi connectivity index (χ4v) is 2.48. The lowest BCUT2D eigenvalue weighted by molar-refractivity contribution is 1.08. The van der Waals surface area contributed by atoms with Crippen molar-refractivity contribution in [2.75, 3.05) is 0 Å². The molecule has 0 unspecified atom stereocenters. The second kappa shape index (κ2) is 4.35. The number of pyridine rings is 1. The fraction of sp³-hybridized carbons (Fsp3) is 0. The first-order valence-corrected chi connectivity index (χ1v) is 6.45. The van der Waals surface area contributed by atoms with E-state index in [4.69, 9.17) is 12.2 Å². The Labute approximate surface area is 111 Å². The lowest BCUT2D eigenvalue weighted by Gasteiger charge is -1.99. The number of hydrogen-bond acceptors (Lipinski definition) is 4. The molecule has 0 spiro atoms. The monoisotopic (exact) mass is 276 g/mol. The molecule has 3 heterocycles. The van der Waals surface area contributed by atoms with Crippen molar-refractivity contribution in [3.8, 4) is 22.0 Å². The van der Waals surface area contributed by atoms with E-state index >= 15 is 0 Å². The highest BCUT2D eigenvalue weighted by atomic mass is 32.1. The van der Waals surface area contributed by atoms with E-state index in [0.717, 1.165) is 10.6 Å². The van der Waals surface area contributed by atoms with Gasteiger partial charge in [0.25, 0.3) is 5.56 Å². The third kappa shape index (κ3) is 1.93. The van der Waals surface area contributed by atoms with Crippen molar-refractivity contribution in [3.63, 3.8) is 0 Å².